The average molecular weight is 425 g/mol. The molecule has 28 heavy (non-hydrogen) atoms. The van der Waals surface area contributed by atoms with Crippen LogP contribution in [0.25, 0.3) is 0 Å². The van der Waals surface area contributed by atoms with Crippen LogP contribution in [0.2, 0.25) is 0 Å². The van der Waals surface area contributed by atoms with Gasteiger partial charge in [0.1, 0.15) is 5.82 Å². The lowest BCUT2D eigenvalue weighted by Crippen LogP contribution is -2.49. The Bertz CT molecular complexity index is 757. The quantitative estimate of drug-likeness (QED) is 0.783. The molecule has 1 aromatic heterocycles. The van der Waals surface area contributed by atoms with Crippen molar-refractivity contribution in [1.82, 2.24) is 25.1 Å². The van der Waals surface area contributed by atoms with Crippen LogP contribution in [0.5, 0.6) is 0 Å². The minimum Gasteiger partial charge on any atom is -0.339 e. The standard InChI is InChI=1S/C19H24N6O.2ClH/c26-19(25-9-4-17(14-25)24-10-7-20-8-11-24)15-2-1-3-16(12-15)23-18-13-21-5-6-22-18;;/h1-3,5-6,12-13,17,20H,4,7-11,14H2,(H,22,23);2*1H. The molecule has 2 aromatic rings. The van der Waals surface area contributed by atoms with E-state index in [2.05, 4.69) is 25.5 Å². The number of rotatable bonds is 4. The van der Waals surface area contributed by atoms with E-state index in [0.29, 0.717) is 17.4 Å². The Morgan fingerprint density at radius 3 is 2.71 bits per heavy atom. The largest absolute Gasteiger partial charge is 0.339 e. The van der Waals surface area contributed by atoms with Crippen molar-refractivity contribution in [1.29, 1.82) is 0 Å². The maximum atomic E-state index is 12.9. The molecule has 0 aliphatic carbocycles. The predicted molar refractivity (Wildman–Crippen MR) is 115 cm³/mol. The molecule has 2 aliphatic rings. The summed E-state index contributed by atoms with van der Waals surface area (Å²) in [5, 5.41) is 6.58. The summed E-state index contributed by atoms with van der Waals surface area (Å²) in [7, 11) is 0. The molecule has 0 saturated carbocycles. The summed E-state index contributed by atoms with van der Waals surface area (Å²) in [6.07, 6.45) is 5.99. The second-order valence-corrected chi connectivity index (χ2v) is 6.78. The molecule has 9 heteroatoms. The highest BCUT2D eigenvalue weighted by Gasteiger charge is 2.31. The third-order valence-corrected chi connectivity index (χ3v) is 5.06. The zero-order chi connectivity index (χ0) is 17.8. The van der Waals surface area contributed by atoms with Crippen LogP contribution in [-0.2, 0) is 0 Å². The minimum atomic E-state index is 0. The van der Waals surface area contributed by atoms with Crippen molar-refractivity contribution >= 4 is 42.2 Å². The van der Waals surface area contributed by atoms with Gasteiger partial charge in [-0.15, -0.1) is 24.8 Å². The molecule has 152 valence electrons. The highest BCUT2D eigenvalue weighted by molar-refractivity contribution is 5.95. The van der Waals surface area contributed by atoms with E-state index in [0.717, 1.165) is 51.4 Å². The fraction of sp³-hybridized carbons (Fsp3) is 0.421. The van der Waals surface area contributed by atoms with E-state index in [-0.39, 0.29) is 30.7 Å². The number of amides is 1. The fourth-order valence-electron chi connectivity index (χ4n) is 3.70. The van der Waals surface area contributed by atoms with E-state index >= 15 is 0 Å². The number of piperazine rings is 1. The molecule has 1 amide bonds. The van der Waals surface area contributed by atoms with Gasteiger partial charge in [0.05, 0.1) is 6.20 Å². The summed E-state index contributed by atoms with van der Waals surface area (Å²) in [4.78, 5) is 25.7. The molecule has 1 unspecified atom stereocenters. The Balaban J connectivity index is 0.00000140. The van der Waals surface area contributed by atoms with E-state index in [9.17, 15) is 4.79 Å². The Labute approximate surface area is 177 Å². The summed E-state index contributed by atoms with van der Waals surface area (Å²) in [6, 6.07) is 8.08. The first-order chi connectivity index (χ1) is 12.8. The molecule has 2 saturated heterocycles. The number of anilines is 2. The lowest BCUT2D eigenvalue weighted by molar-refractivity contribution is 0.0773. The first-order valence-electron chi connectivity index (χ1n) is 9.17. The zero-order valence-electron chi connectivity index (χ0n) is 15.6. The monoisotopic (exact) mass is 424 g/mol. The van der Waals surface area contributed by atoms with Crippen LogP contribution in [0.1, 0.15) is 16.8 Å². The Morgan fingerprint density at radius 1 is 1.14 bits per heavy atom. The molecule has 1 aromatic carbocycles. The Hall–Kier alpha value is -1.93. The van der Waals surface area contributed by atoms with Crippen LogP contribution in [0.3, 0.4) is 0 Å². The van der Waals surface area contributed by atoms with Gasteiger partial charge in [0, 0.05) is 69.0 Å². The van der Waals surface area contributed by atoms with Crippen LogP contribution < -0.4 is 10.6 Å². The maximum Gasteiger partial charge on any atom is 0.253 e. The number of aromatic nitrogens is 2. The summed E-state index contributed by atoms with van der Waals surface area (Å²) in [5.41, 5.74) is 1.55. The van der Waals surface area contributed by atoms with Gasteiger partial charge in [0.2, 0.25) is 0 Å². The van der Waals surface area contributed by atoms with Crippen LogP contribution in [0.4, 0.5) is 11.5 Å². The Morgan fingerprint density at radius 2 is 1.96 bits per heavy atom. The number of nitrogens with one attached hydrogen (secondary N) is 2. The molecule has 0 radical (unpaired) electrons. The smallest absolute Gasteiger partial charge is 0.253 e. The van der Waals surface area contributed by atoms with Crippen molar-refractivity contribution in [2.45, 2.75) is 12.5 Å². The van der Waals surface area contributed by atoms with Gasteiger partial charge in [0.25, 0.3) is 5.91 Å². The van der Waals surface area contributed by atoms with E-state index in [1.54, 1.807) is 18.6 Å². The first kappa shape index (κ1) is 22.4. The maximum absolute atomic E-state index is 12.9. The van der Waals surface area contributed by atoms with Gasteiger partial charge >= 0.3 is 0 Å². The van der Waals surface area contributed by atoms with Gasteiger partial charge in [0.15, 0.2) is 0 Å². The van der Waals surface area contributed by atoms with Crippen molar-refractivity contribution in [3.05, 3.63) is 48.4 Å². The zero-order valence-corrected chi connectivity index (χ0v) is 17.2. The molecule has 0 spiro atoms. The molecule has 0 bridgehead atoms. The molecular formula is C19H26Cl2N6O. The van der Waals surface area contributed by atoms with Crippen molar-refractivity contribution in [3.8, 4) is 0 Å². The van der Waals surface area contributed by atoms with Crippen LogP contribution >= 0.6 is 24.8 Å². The second-order valence-electron chi connectivity index (χ2n) is 6.78. The molecule has 2 N–H and O–H groups in total. The highest BCUT2D eigenvalue weighted by Crippen LogP contribution is 2.21. The molecule has 3 heterocycles. The Kier molecular flexibility index (Phi) is 8.44. The lowest BCUT2D eigenvalue weighted by atomic mass is 10.1. The van der Waals surface area contributed by atoms with E-state index in [1.165, 1.54) is 0 Å². The topological polar surface area (TPSA) is 73.4 Å². The fourth-order valence-corrected chi connectivity index (χ4v) is 3.70. The number of nitrogens with zero attached hydrogens (tertiary/aromatic N) is 4. The lowest BCUT2D eigenvalue weighted by Gasteiger charge is -2.32. The summed E-state index contributed by atoms with van der Waals surface area (Å²) < 4.78 is 0. The van der Waals surface area contributed by atoms with Crippen LogP contribution in [0, 0.1) is 0 Å². The van der Waals surface area contributed by atoms with Crippen molar-refractivity contribution in [2.24, 2.45) is 0 Å². The highest BCUT2D eigenvalue weighted by atomic mass is 35.5. The number of benzene rings is 1. The second kappa shape index (κ2) is 10.6. The predicted octanol–water partition coefficient (Wildman–Crippen LogP) is 2.18. The number of carbonyl (C=O) groups is 1. The number of likely N-dealkylation sites (tertiary alicyclic amines) is 1. The molecular weight excluding hydrogens is 399 g/mol. The van der Waals surface area contributed by atoms with Crippen molar-refractivity contribution in [2.75, 3.05) is 44.6 Å². The van der Waals surface area contributed by atoms with Crippen molar-refractivity contribution in [3.63, 3.8) is 0 Å². The molecule has 4 rings (SSSR count). The first-order valence-corrected chi connectivity index (χ1v) is 9.17. The van der Waals surface area contributed by atoms with Gasteiger partial charge < -0.3 is 15.5 Å². The third kappa shape index (κ3) is 5.32. The SMILES string of the molecule is Cl.Cl.O=C(c1cccc(Nc2cnccn2)c1)N1CCC(N2CCNCC2)C1. The van der Waals surface area contributed by atoms with E-state index in [4.69, 9.17) is 0 Å². The number of halogens is 2. The van der Waals surface area contributed by atoms with Gasteiger partial charge in [-0.3, -0.25) is 14.7 Å². The summed E-state index contributed by atoms with van der Waals surface area (Å²) in [6.45, 7) is 5.88. The van der Waals surface area contributed by atoms with Gasteiger partial charge in [-0.1, -0.05) is 6.07 Å². The number of hydrogen-bond acceptors (Lipinski definition) is 6. The average Bonchev–Trinajstić information content (AvgIpc) is 3.19. The summed E-state index contributed by atoms with van der Waals surface area (Å²) in [5.74, 6) is 0.766. The number of carbonyl (C=O) groups excluding carboxylic acids is 1. The van der Waals surface area contributed by atoms with Gasteiger partial charge in [-0.2, -0.15) is 0 Å². The van der Waals surface area contributed by atoms with Crippen LogP contribution in [-0.4, -0.2) is 71.0 Å². The molecule has 7 nitrogen and oxygen atoms in total. The van der Waals surface area contributed by atoms with Crippen LogP contribution in [0.15, 0.2) is 42.9 Å². The van der Waals surface area contributed by atoms with Gasteiger partial charge in [-0.05, 0) is 24.6 Å². The minimum absolute atomic E-state index is 0. The third-order valence-electron chi connectivity index (χ3n) is 5.06. The van der Waals surface area contributed by atoms with Gasteiger partial charge in [-0.25, -0.2) is 4.98 Å². The molecule has 1 atom stereocenters. The summed E-state index contributed by atoms with van der Waals surface area (Å²) >= 11 is 0. The number of hydrogen-bond donors (Lipinski definition) is 2. The van der Waals surface area contributed by atoms with E-state index < -0.39 is 0 Å². The normalized spacial score (nSPS) is 19.4. The van der Waals surface area contributed by atoms with E-state index in [1.807, 2.05) is 29.2 Å². The molecule has 2 fully saturated rings. The molecule has 2 aliphatic heterocycles. The van der Waals surface area contributed by atoms with Crippen molar-refractivity contribution < 1.29 is 4.79 Å².